The van der Waals surface area contributed by atoms with Crippen molar-refractivity contribution < 1.29 is 57.7 Å². The number of carbonyl (C=O) groups is 2. The van der Waals surface area contributed by atoms with Gasteiger partial charge in [0.25, 0.3) is 0 Å². The lowest BCUT2D eigenvalue weighted by Gasteiger charge is -2.34. The molecule has 3 fully saturated rings. The quantitative estimate of drug-likeness (QED) is 0.0490. The summed E-state index contributed by atoms with van der Waals surface area (Å²) in [5, 5.41) is 21.8. The van der Waals surface area contributed by atoms with Crippen LogP contribution in [0.2, 0.25) is 0 Å². The maximum absolute atomic E-state index is 13.2. The second-order valence-electron chi connectivity index (χ2n) is 22.1. The van der Waals surface area contributed by atoms with Crippen molar-refractivity contribution in [3.63, 3.8) is 0 Å². The number of carbonyl (C=O) groups excluding carboxylic acids is 2. The van der Waals surface area contributed by atoms with Gasteiger partial charge in [-0.15, -0.1) is 0 Å². The first-order chi connectivity index (χ1) is 40.2. The van der Waals surface area contributed by atoms with E-state index in [1.54, 1.807) is 0 Å². The molecule has 0 bridgehead atoms. The lowest BCUT2D eigenvalue weighted by Crippen LogP contribution is -2.32. The molecule has 12 heteroatoms. The summed E-state index contributed by atoms with van der Waals surface area (Å²) in [7, 11) is 0. The summed E-state index contributed by atoms with van der Waals surface area (Å²) in [4.78, 5) is 26.4. The van der Waals surface area contributed by atoms with Gasteiger partial charge in [0.05, 0.1) is 35.9 Å². The van der Waals surface area contributed by atoms with Crippen molar-refractivity contribution in [1.82, 2.24) is 0 Å². The van der Waals surface area contributed by atoms with Crippen LogP contribution >= 0.6 is 0 Å². The van der Waals surface area contributed by atoms with Crippen LogP contribution in [0.4, 0.5) is 0 Å². The minimum Gasteiger partial charge on any atom is -0.491 e. The van der Waals surface area contributed by atoms with Crippen LogP contribution in [0.3, 0.4) is 0 Å². The number of ether oxygens (including phenoxy) is 8. The van der Waals surface area contributed by atoms with E-state index < -0.39 is 46.8 Å². The Morgan fingerprint density at radius 3 is 0.939 bits per heavy atom. The molecule has 4 unspecified atom stereocenters. The SMILES string of the molecule is O=C(OCC(O)COc1ccc(C2(c3ccc(OCC4CO4)cc3)c3ccccc3-c3ccccc32)cc1)C1CCC(C(=O)OCC(O)COc2ccc(C3(c4ccc(OCC5CO5)cc4)c4ccccc4-c4ccccc43)cc2)CC1. The summed E-state index contributed by atoms with van der Waals surface area (Å²) in [6.45, 7) is 1.93. The normalized spacial score (nSPS) is 19.9. The molecule has 82 heavy (non-hydrogen) atoms. The number of fused-ring (bicyclic) bond motifs is 6. The van der Waals surface area contributed by atoms with Gasteiger partial charge in [0.1, 0.15) is 87.1 Å². The van der Waals surface area contributed by atoms with E-state index in [0.717, 1.165) is 47.0 Å². The van der Waals surface area contributed by atoms with Crippen LogP contribution < -0.4 is 18.9 Å². The van der Waals surface area contributed by atoms with E-state index in [9.17, 15) is 19.8 Å². The number of hydrogen-bond donors (Lipinski definition) is 2. The fraction of sp³-hybridized carbons (Fsp3) is 0.286. The largest absolute Gasteiger partial charge is 0.491 e. The molecule has 2 N–H and O–H groups in total. The summed E-state index contributed by atoms with van der Waals surface area (Å²) in [5.41, 5.74) is 12.6. The molecule has 12 nitrogen and oxygen atoms in total. The molecule has 0 amide bonds. The predicted molar refractivity (Wildman–Crippen MR) is 308 cm³/mol. The van der Waals surface area contributed by atoms with Crippen LogP contribution in [0, 0.1) is 11.8 Å². The maximum Gasteiger partial charge on any atom is 0.309 e. The van der Waals surface area contributed by atoms with E-state index in [1.165, 1.54) is 44.5 Å². The standard InChI is InChI=1S/C70H64O12/c71-51(37-75-53-29-21-47(22-30-53)69(49-25-33-55(34-26-49)77-41-57-43-79-57)63-13-5-1-9-59(63)60-10-2-6-14-64(60)69)39-81-67(73)45-17-19-46(20-18-45)68(74)82-40-52(72)38-76-54-31-23-48(24-32-54)70(50-27-35-56(36-28-50)78-42-58-44-80-58)65-15-7-3-11-61(65)62-12-4-8-16-66(62)70/h1-16,21-36,45-46,51-52,57-58,71-72H,17-20,37-44H2. The monoisotopic (exact) mass is 1100 g/mol. The third kappa shape index (κ3) is 10.4. The topological polar surface area (TPSA) is 155 Å². The summed E-state index contributed by atoms with van der Waals surface area (Å²) in [6, 6.07) is 66.8. The van der Waals surface area contributed by atoms with Gasteiger partial charge in [0.15, 0.2) is 0 Å². The second-order valence-corrected chi connectivity index (χ2v) is 22.1. The third-order valence-electron chi connectivity index (χ3n) is 16.8. The first-order valence-electron chi connectivity index (χ1n) is 28.5. The van der Waals surface area contributed by atoms with Crippen molar-refractivity contribution >= 4 is 11.9 Å². The Hall–Kier alpha value is -8.26. The van der Waals surface area contributed by atoms with Crippen molar-refractivity contribution in [2.75, 3.05) is 52.9 Å². The van der Waals surface area contributed by atoms with Crippen LogP contribution in [0.15, 0.2) is 194 Å². The highest BCUT2D eigenvalue weighted by Crippen LogP contribution is 2.58. The zero-order valence-electron chi connectivity index (χ0n) is 45.4. The summed E-state index contributed by atoms with van der Waals surface area (Å²) < 4.78 is 45.9. The molecule has 5 aliphatic rings. The van der Waals surface area contributed by atoms with Crippen molar-refractivity contribution in [3.05, 3.63) is 239 Å². The van der Waals surface area contributed by atoms with Crippen molar-refractivity contribution in [1.29, 1.82) is 0 Å². The Morgan fingerprint density at radius 1 is 0.390 bits per heavy atom. The maximum atomic E-state index is 13.2. The average Bonchev–Trinajstić information content (AvgIpc) is 2.94. The number of hydrogen-bond acceptors (Lipinski definition) is 12. The molecule has 8 aromatic rings. The van der Waals surface area contributed by atoms with Crippen LogP contribution in [0.1, 0.15) is 70.2 Å². The number of epoxide rings is 2. The van der Waals surface area contributed by atoms with Gasteiger partial charge in [-0.2, -0.15) is 0 Å². The molecule has 0 aromatic heterocycles. The molecule has 0 spiro atoms. The Bertz CT molecular complexity index is 3220. The minimum absolute atomic E-state index is 0.0755. The number of benzene rings is 8. The van der Waals surface area contributed by atoms with Gasteiger partial charge in [0, 0.05) is 0 Å². The Labute approximate surface area is 477 Å². The molecular formula is C70H64O12. The van der Waals surface area contributed by atoms with E-state index in [0.29, 0.717) is 50.4 Å². The summed E-state index contributed by atoms with van der Waals surface area (Å²) in [5.74, 6) is 1.08. The minimum atomic E-state index is -1.06. The molecule has 3 aliphatic carbocycles. The van der Waals surface area contributed by atoms with Gasteiger partial charge in [-0.1, -0.05) is 146 Å². The molecule has 8 aromatic carbocycles. The molecule has 13 rings (SSSR count). The van der Waals surface area contributed by atoms with Gasteiger partial charge in [-0.25, -0.2) is 0 Å². The van der Waals surface area contributed by atoms with Crippen LogP contribution in [0.25, 0.3) is 22.3 Å². The highest BCUT2D eigenvalue weighted by molar-refractivity contribution is 5.87. The van der Waals surface area contributed by atoms with Crippen molar-refractivity contribution in [2.24, 2.45) is 11.8 Å². The Balaban J connectivity index is 0.571. The first-order valence-corrected chi connectivity index (χ1v) is 28.5. The zero-order chi connectivity index (χ0) is 55.6. The highest BCUT2D eigenvalue weighted by atomic mass is 16.6. The number of rotatable bonds is 22. The van der Waals surface area contributed by atoms with Gasteiger partial charge in [0.2, 0.25) is 0 Å². The molecule has 2 saturated heterocycles. The Morgan fingerprint density at radius 2 is 0.659 bits per heavy atom. The van der Waals surface area contributed by atoms with Crippen molar-refractivity contribution in [3.8, 4) is 45.3 Å². The molecule has 1 saturated carbocycles. The fourth-order valence-electron chi connectivity index (χ4n) is 12.6. The molecular weight excluding hydrogens is 1030 g/mol. The van der Waals surface area contributed by atoms with Crippen LogP contribution in [-0.4, -0.2) is 99.4 Å². The number of aliphatic hydroxyl groups is 2. The van der Waals surface area contributed by atoms with E-state index >= 15 is 0 Å². The molecule has 2 heterocycles. The number of aliphatic hydroxyl groups excluding tert-OH is 2. The Kier molecular flexibility index (Phi) is 14.8. The van der Waals surface area contributed by atoms with E-state index in [4.69, 9.17) is 37.9 Å². The van der Waals surface area contributed by atoms with E-state index in [1.807, 2.05) is 48.5 Å². The second kappa shape index (κ2) is 22.9. The smallest absolute Gasteiger partial charge is 0.309 e. The lowest BCUT2D eigenvalue weighted by atomic mass is 9.68. The average molecular weight is 1100 g/mol. The van der Waals surface area contributed by atoms with Crippen LogP contribution in [0.5, 0.6) is 23.0 Å². The number of esters is 2. The first kappa shape index (κ1) is 53.1. The zero-order valence-corrected chi connectivity index (χ0v) is 45.4. The van der Waals surface area contributed by atoms with Crippen molar-refractivity contribution in [2.45, 2.75) is 60.9 Å². The van der Waals surface area contributed by atoms with Gasteiger partial charge >= 0.3 is 11.9 Å². The third-order valence-corrected chi connectivity index (χ3v) is 16.8. The molecule has 0 radical (unpaired) electrons. The summed E-state index contributed by atoms with van der Waals surface area (Å²) >= 11 is 0. The van der Waals surface area contributed by atoms with E-state index in [2.05, 4.69) is 146 Å². The lowest BCUT2D eigenvalue weighted by molar-refractivity contribution is -0.158. The summed E-state index contributed by atoms with van der Waals surface area (Å²) in [6.07, 6.45) is -0.0147. The molecule has 2 aliphatic heterocycles. The van der Waals surface area contributed by atoms with Gasteiger partial charge < -0.3 is 48.1 Å². The molecule has 416 valence electrons. The fourth-order valence-corrected chi connectivity index (χ4v) is 12.6. The van der Waals surface area contributed by atoms with Crippen LogP contribution in [-0.2, 0) is 39.4 Å². The highest BCUT2D eigenvalue weighted by Gasteiger charge is 2.47. The van der Waals surface area contributed by atoms with Gasteiger partial charge in [-0.3, -0.25) is 9.59 Å². The van der Waals surface area contributed by atoms with E-state index in [-0.39, 0.29) is 38.6 Å². The predicted octanol–water partition coefficient (Wildman–Crippen LogP) is 11.0. The van der Waals surface area contributed by atoms with Gasteiger partial charge in [-0.05, 0) is 141 Å². The molecule has 4 atom stereocenters.